The van der Waals surface area contributed by atoms with Crippen LogP contribution in [0.5, 0.6) is 0 Å². The lowest BCUT2D eigenvalue weighted by Crippen LogP contribution is -2.30. The zero-order valence-electron chi connectivity index (χ0n) is 15.2. The number of pyridine rings is 1. The van der Waals surface area contributed by atoms with E-state index in [1.54, 1.807) is 0 Å². The van der Waals surface area contributed by atoms with Crippen LogP contribution in [0.25, 0.3) is 44.0 Å². The Balaban J connectivity index is 1.97. The summed E-state index contributed by atoms with van der Waals surface area (Å²) in [7, 11) is 2.08. The number of fused-ring (bicyclic) bond motifs is 5. The van der Waals surface area contributed by atoms with E-state index >= 15 is 0 Å². The normalized spacial score (nSPS) is 11.7. The van der Waals surface area contributed by atoms with Crippen LogP contribution >= 0.6 is 0 Å². The Hall–Kier alpha value is -3.13. The number of benzene rings is 3. The van der Waals surface area contributed by atoms with E-state index in [-0.39, 0.29) is 0 Å². The highest BCUT2D eigenvalue weighted by Gasteiger charge is 2.22. The molecule has 0 saturated carbocycles. The lowest BCUT2D eigenvalue weighted by Gasteiger charge is -2.04. The maximum atomic E-state index is 6.39. The molecule has 5 rings (SSSR count). The summed E-state index contributed by atoms with van der Waals surface area (Å²) in [5.74, 6) is 0. The van der Waals surface area contributed by atoms with E-state index in [0.29, 0.717) is 0 Å². The number of rotatable bonds is 1. The van der Waals surface area contributed by atoms with Crippen LogP contribution in [0.15, 0.2) is 71.3 Å². The highest BCUT2D eigenvalue weighted by Crippen LogP contribution is 2.38. The number of hydrogen-bond acceptors (Lipinski definition) is 1. The van der Waals surface area contributed by atoms with Crippen LogP contribution in [-0.4, -0.2) is 0 Å². The van der Waals surface area contributed by atoms with Gasteiger partial charge in [0.2, 0.25) is 5.58 Å². The first-order valence-corrected chi connectivity index (χ1v) is 8.94. The molecular formula is C24H20NO+. The van der Waals surface area contributed by atoms with Gasteiger partial charge in [-0.3, -0.25) is 0 Å². The van der Waals surface area contributed by atoms with Crippen molar-refractivity contribution < 1.29 is 8.98 Å². The van der Waals surface area contributed by atoms with Crippen LogP contribution < -0.4 is 4.57 Å². The van der Waals surface area contributed by atoms with E-state index in [0.717, 1.165) is 16.9 Å². The molecule has 0 spiro atoms. The molecule has 2 heterocycles. The van der Waals surface area contributed by atoms with Crippen LogP contribution in [0.1, 0.15) is 11.1 Å². The van der Waals surface area contributed by atoms with Gasteiger partial charge >= 0.3 is 0 Å². The lowest BCUT2D eigenvalue weighted by molar-refractivity contribution is -0.659. The largest absolute Gasteiger partial charge is 0.449 e. The van der Waals surface area contributed by atoms with Crippen molar-refractivity contribution in [1.29, 1.82) is 0 Å². The standard InChI is InChI=1S/C24H20NO/c1-15-8-10-19-17(14-15)9-11-21-22(19)20-12-13-25(3)23(24(20)26-21)18-7-5-4-6-16(18)2/h4-14H,1-3H3/q+1. The van der Waals surface area contributed by atoms with E-state index in [9.17, 15) is 0 Å². The fourth-order valence-corrected chi connectivity index (χ4v) is 3.98. The van der Waals surface area contributed by atoms with Crippen molar-refractivity contribution >= 4 is 32.7 Å². The van der Waals surface area contributed by atoms with Gasteiger partial charge in [-0.2, -0.15) is 4.57 Å². The monoisotopic (exact) mass is 338 g/mol. The fourth-order valence-electron chi connectivity index (χ4n) is 3.98. The van der Waals surface area contributed by atoms with Gasteiger partial charge in [-0.05, 0) is 42.3 Å². The zero-order chi connectivity index (χ0) is 17.8. The number of aryl methyl sites for hydroxylation is 3. The van der Waals surface area contributed by atoms with Crippen molar-refractivity contribution in [2.75, 3.05) is 0 Å². The van der Waals surface area contributed by atoms with Crippen molar-refractivity contribution in [3.63, 3.8) is 0 Å². The van der Waals surface area contributed by atoms with Gasteiger partial charge in [-0.1, -0.05) is 48.0 Å². The van der Waals surface area contributed by atoms with Gasteiger partial charge in [0.15, 0.2) is 6.20 Å². The first kappa shape index (κ1) is 15.2. The number of nitrogens with zero attached hydrogens (tertiary/aromatic N) is 1. The molecule has 0 aliphatic rings. The Kier molecular flexibility index (Phi) is 3.17. The highest BCUT2D eigenvalue weighted by molar-refractivity contribution is 6.20. The summed E-state index contributed by atoms with van der Waals surface area (Å²) in [6.45, 7) is 4.28. The second kappa shape index (κ2) is 5.43. The molecule has 26 heavy (non-hydrogen) atoms. The minimum atomic E-state index is 0.942. The zero-order valence-corrected chi connectivity index (χ0v) is 15.2. The summed E-state index contributed by atoms with van der Waals surface area (Å²) in [6, 6.07) is 21.5. The molecule has 0 fully saturated rings. The molecule has 0 amide bonds. The Morgan fingerprint density at radius 3 is 2.54 bits per heavy atom. The van der Waals surface area contributed by atoms with Crippen LogP contribution in [0.2, 0.25) is 0 Å². The van der Waals surface area contributed by atoms with Gasteiger partial charge in [-0.25, -0.2) is 0 Å². The molecule has 0 radical (unpaired) electrons. The third kappa shape index (κ3) is 2.08. The topological polar surface area (TPSA) is 17.0 Å². The predicted octanol–water partition coefficient (Wildman–Crippen LogP) is 5.85. The molecule has 0 atom stereocenters. The summed E-state index contributed by atoms with van der Waals surface area (Å²) in [5.41, 5.74) is 6.75. The Morgan fingerprint density at radius 2 is 1.69 bits per heavy atom. The molecule has 0 bridgehead atoms. The second-order valence-electron chi connectivity index (χ2n) is 7.10. The molecule has 0 aliphatic heterocycles. The maximum absolute atomic E-state index is 6.39. The Labute approximate surface area is 152 Å². The third-order valence-corrected chi connectivity index (χ3v) is 5.30. The van der Waals surface area contributed by atoms with Crippen LogP contribution in [0.3, 0.4) is 0 Å². The first-order chi connectivity index (χ1) is 12.6. The summed E-state index contributed by atoms with van der Waals surface area (Å²) >= 11 is 0. The second-order valence-corrected chi connectivity index (χ2v) is 7.10. The predicted molar refractivity (Wildman–Crippen MR) is 107 cm³/mol. The van der Waals surface area contributed by atoms with Crippen LogP contribution in [0.4, 0.5) is 0 Å². The SMILES string of the molecule is Cc1ccc2c(ccc3oc4c(-c5ccccc5C)[n+](C)ccc4c32)c1. The molecular weight excluding hydrogens is 318 g/mol. The lowest BCUT2D eigenvalue weighted by atomic mass is 10.00. The van der Waals surface area contributed by atoms with E-state index in [2.05, 4.69) is 92.3 Å². The van der Waals surface area contributed by atoms with E-state index < -0.39 is 0 Å². The summed E-state index contributed by atoms with van der Waals surface area (Å²) < 4.78 is 8.54. The molecule has 3 aromatic carbocycles. The van der Waals surface area contributed by atoms with E-state index in [4.69, 9.17) is 4.42 Å². The van der Waals surface area contributed by atoms with E-state index in [1.807, 2.05) is 0 Å². The van der Waals surface area contributed by atoms with Gasteiger partial charge in [0, 0.05) is 16.8 Å². The fraction of sp³-hybridized carbons (Fsp3) is 0.125. The van der Waals surface area contributed by atoms with Gasteiger partial charge < -0.3 is 4.42 Å². The summed E-state index contributed by atoms with van der Waals surface area (Å²) in [5, 5.41) is 4.88. The van der Waals surface area contributed by atoms with E-state index in [1.165, 1.54) is 38.2 Å². The number of aromatic nitrogens is 1. The van der Waals surface area contributed by atoms with Crippen molar-refractivity contribution in [2.45, 2.75) is 13.8 Å². The molecule has 5 aromatic rings. The average molecular weight is 338 g/mol. The number of furan rings is 1. The molecule has 2 heteroatoms. The summed E-state index contributed by atoms with van der Waals surface area (Å²) in [4.78, 5) is 0. The first-order valence-electron chi connectivity index (χ1n) is 8.94. The highest BCUT2D eigenvalue weighted by atomic mass is 16.3. The quantitative estimate of drug-likeness (QED) is 0.351. The average Bonchev–Trinajstić information content (AvgIpc) is 3.01. The third-order valence-electron chi connectivity index (χ3n) is 5.30. The molecule has 2 aromatic heterocycles. The van der Waals surface area contributed by atoms with Crippen LogP contribution in [0, 0.1) is 13.8 Å². The van der Waals surface area contributed by atoms with Gasteiger partial charge in [0.25, 0.3) is 5.69 Å². The molecule has 2 nitrogen and oxygen atoms in total. The van der Waals surface area contributed by atoms with Gasteiger partial charge in [-0.15, -0.1) is 0 Å². The summed E-state index contributed by atoms with van der Waals surface area (Å²) in [6.07, 6.45) is 2.13. The molecule has 0 unspecified atom stereocenters. The van der Waals surface area contributed by atoms with Crippen molar-refractivity contribution in [3.05, 3.63) is 78.0 Å². The maximum Gasteiger partial charge on any atom is 0.256 e. The molecule has 126 valence electrons. The van der Waals surface area contributed by atoms with Crippen molar-refractivity contribution in [1.82, 2.24) is 0 Å². The minimum absolute atomic E-state index is 0.942. The molecule has 0 aliphatic carbocycles. The van der Waals surface area contributed by atoms with Crippen molar-refractivity contribution in [3.8, 4) is 11.3 Å². The van der Waals surface area contributed by atoms with Crippen LogP contribution in [-0.2, 0) is 7.05 Å². The minimum Gasteiger partial charge on any atom is -0.449 e. The Morgan fingerprint density at radius 1 is 0.846 bits per heavy atom. The molecule has 0 N–H and O–H groups in total. The Bertz CT molecular complexity index is 1310. The molecule has 0 saturated heterocycles. The van der Waals surface area contributed by atoms with Gasteiger partial charge in [0.05, 0.1) is 5.56 Å². The van der Waals surface area contributed by atoms with Gasteiger partial charge in [0.1, 0.15) is 12.6 Å². The van der Waals surface area contributed by atoms with Crippen molar-refractivity contribution in [2.24, 2.45) is 7.05 Å². The number of hydrogen-bond donors (Lipinski definition) is 0. The smallest absolute Gasteiger partial charge is 0.256 e.